The number of carbonyl (C=O) groups excluding carboxylic acids is 1. The molecule has 1 atom stereocenters. The number of carbonyl (C=O) groups is 1. The fourth-order valence-electron chi connectivity index (χ4n) is 2.94. The molecular weight excluding hydrogens is 336 g/mol. The first-order chi connectivity index (χ1) is 12.5. The minimum atomic E-state index is -0.389. The van der Waals surface area contributed by atoms with E-state index in [9.17, 15) is 9.59 Å². The van der Waals surface area contributed by atoms with Gasteiger partial charge in [0.25, 0.3) is 11.5 Å². The van der Waals surface area contributed by atoms with E-state index in [1.165, 1.54) is 10.7 Å². The summed E-state index contributed by atoms with van der Waals surface area (Å²) in [6, 6.07) is 2.70. The lowest BCUT2D eigenvalue weighted by molar-refractivity contribution is 0.0914. The molecule has 9 heteroatoms. The second-order valence-electron chi connectivity index (χ2n) is 6.63. The lowest BCUT2D eigenvalue weighted by Crippen LogP contribution is -2.39. The highest BCUT2D eigenvalue weighted by Gasteiger charge is 2.24. The second kappa shape index (κ2) is 7.69. The molecule has 1 unspecified atom stereocenters. The van der Waals surface area contributed by atoms with Crippen LogP contribution in [0.1, 0.15) is 36.1 Å². The first kappa shape index (κ1) is 18.1. The summed E-state index contributed by atoms with van der Waals surface area (Å²) >= 11 is 0. The van der Waals surface area contributed by atoms with Crippen molar-refractivity contribution in [2.24, 2.45) is 13.0 Å². The highest BCUT2D eigenvalue weighted by molar-refractivity contribution is 5.92. The van der Waals surface area contributed by atoms with Gasteiger partial charge in [0.1, 0.15) is 5.69 Å². The van der Waals surface area contributed by atoms with Gasteiger partial charge in [0.15, 0.2) is 0 Å². The summed E-state index contributed by atoms with van der Waals surface area (Å²) in [7, 11) is 1.71. The van der Waals surface area contributed by atoms with Gasteiger partial charge in [0.05, 0.1) is 24.9 Å². The van der Waals surface area contributed by atoms with Crippen LogP contribution in [0, 0.1) is 5.92 Å². The monoisotopic (exact) mass is 360 g/mol. The van der Waals surface area contributed by atoms with Crippen molar-refractivity contribution >= 4 is 11.9 Å². The van der Waals surface area contributed by atoms with Crippen LogP contribution in [0.4, 0.5) is 5.95 Å². The summed E-state index contributed by atoms with van der Waals surface area (Å²) in [5.74, 6) is 0.314. The molecule has 140 valence electrons. The predicted molar refractivity (Wildman–Crippen MR) is 96.1 cm³/mol. The highest BCUT2D eigenvalue weighted by Crippen LogP contribution is 2.21. The Morgan fingerprint density at radius 1 is 1.35 bits per heavy atom. The Morgan fingerprint density at radius 3 is 2.69 bits per heavy atom. The average Bonchev–Trinajstić information content (AvgIpc) is 3.05. The summed E-state index contributed by atoms with van der Waals surface area (Å²) in [6.45, 7) is 6.48. The minimum Gasteiger partial charge on any atom is -0.378 e. The van der Waals surface area contributed by atoms with Crippen molar-refractivity contribution in [1.82, 2.24) is 25.1 Å². The van der Waals surface area contributed by atoms with Gasteiger partial charge in [0, 0.05) is 32.4 Å². The number of nitrogens with zero attached hydrogens (tertiary/aromatic N) is 4. The number of nitrogens with one attached hydrogen (secondary N) is 2. The number of aromatic nitrogens is 4. The van der Waals surface area contributed by atoms with Crippen LogP contribution >= 0.6 is 0 Å². The van der Waals surface area contributed by atoms with Crippen molar-refractivity contribution in [2.45, 2.75) is 19.9 Å². The third-order valence-corrected chi connectivity index (χ3v) is 4.39. The molecule has 0 radical (unpaired) electrons. The maximum Gasteiger partial charge on any atom is 0.270 e. The molecule has 1 aliphatic heterocycles. The molecule has 0 saturated carbocycles. The molecule has 0 bridgehead atoms. The Kier molecular flexibility index (Phi) is 5.36. The third kappa shape index (κ3) is 3.93. The van der Waals surface area contributed by atoms with Crippen molar-refractivity contribution in [2.75, 3.05) is 31.2 Å². The van der Waals surface area contributed by atoms with Gasteiger partial charge in [-0.25, -0.2) is 4.98 Å². The molecule has 0 aliphatic carbocycles. The number of aryl methyl sites for hydroxylation is 1. The molecule has 1 fully saturated rings. The fourth-order valence-corrected chi connectivity index (χ4v) is 2.94. The zero-order chi connectivity index (χ0) is 18.7. The van der Waals surface area contributed by atoms with Gasteiger partial charge in [-0.3, -0.25) is 19.3 Å². The summed E-state index contributed by atoms with van der Waals surface area (Å²) in [4.78, 5) is 34.1. The van der Waals surface area contributed by atoms with Crippen LogP contribution in [0.3, 0.4) is 0 Å². The lowest BCUT2D eigenvalue weighted by atomic mass is 10.0. The van der Waals surface area contributed by atoms with Crippen LogP contribution in [-0.4, -0.2) is 52.0 Å². The van der Waals surface area contributed by atoms with Gasteiger partial charge in [-0.05, 0) is 12.0 Å². The summed E-state index contributed by atoms with van der Waals surface area (Å²) in [6.07, 6.45) is 1.57. The molecule has 3 heterocycles. The molecule has 26 heavy (non-hydrogen) atoms. The predicted octanol–water partition coefficient (Wildman–Crippen LogP) is 0.467. The number of rotatable bonds is 5. The van der Waals surface area contributed by atoms with Crippen molar-refractivity contribution < 1.29 is 9.53 Å². The second-order valence-corrected chi connectivity index (χ2v) is 6.63. The number of morpholine rings is 1. The molecule has 2 N–H and O–H groups in total. The highest BCUT2D eigenvalue weighted by atomic mass is 16.5. The van der Waals surface area contributed by atoms with Crippen LogP contribution in [0.5, 0.6) is 0 Å². The number of anilines is 1. The van der Waals surface area contributed by atoms with E-state index in [0.29, 0.717) is 43.6 Å². The zero-order valence-corrected chi connectivity index (χ0v) is 15.2. The lowest BCUT2D eigenvalue weighted by Gasteiger charge is -2.28. The van der Waals surface area contributed by atoms with Gasteiger partial charge in [-0.1, -0.05) is 13.8 Å². The van der Waals surface area contributed by atoms with Crippen molar-refractivity contribution in [3.05, 3.63) is 40.1 Å². The van der Waals surface area contributed by atoms with Gasteiger partial charge in [-0.15, -0.1) is 0 Å². The van der Waals surface area contributed by atoms with Gasteiger partial charge in [-0.2, -0.15) is 5.10 Å². The number of hydrogen-bond donors (Lipinski definition) is 2. The quantitative estimate of drug-likeness (QED) is 0.803. The molecule has 9 nitrogen and oxygen atoms in total. The molecule has 1 aliphatic rings. The number of H-pyrrole nitrogens is 1. The Morgan fingerprint density at radius 2 is 2.08 bits per heavy atom. The van der Waals surface area contributed by atoms with E-state index in [1.54, 1.807) is 19.3 Å². The summed E-state index contributed by atoms with van der Waals surface area (Å²) < 4.78 is 6.86. The van der Waals surface area contributed by atoms with E-state index in [2.05, 4.69) is 20.4 Å². The SMILES string of the molecule is CC(C)C(NC(=O)c1ccnn1C)c1cc(=O)[nH]c(N2CCOCC2)n1. The van der Waals surface area contributed by atoms with Gasteiger partial charge in [0.2, 0.25) is 5.95 Å². The molecular formula is C17H24N6O3. The van der Waals surface area contributed by atoms with E-state index in [0.717, 1.165) is 0 Å². The molecule has 3 rings (SSSR count). The number of hydrogen-bond acceptors (Lipinski definition) is 6. The van der Waals surface area contributed by atoms with E-state index in [4.69, 9.17) is 4.74 Å². The standard InChI is InChI=1S/C17H24N6O3/c1-11(2)15(21-16(25)13-4-5-18-22(13)3)12-10-14(24)20-17(19-12)23-6-8-26-9-7-23/h4-5,10-11,15H,6-9H2,1-3H3,(H,21,25)(H,19,20,24). The zero-order valence-electron chi connectivity index (χ0n) is 15.2. The van der Waals surface area contributed by atoms with Crippen LogP contribution < -0.4 is 15.8 Å². The Balaban J connectivity index is 1.87. The Labute approximate surface area is 151 Å². The Bertz CT molecular complexity index is 822. The molecule has 2 aromatic rings. The first-order valence-electron chi connectivity index (χ1n) is 8.68. The number of aromatic amines is 1. The summed E-state index contributed by atoms with van der Waals surface area (Å²) in [5, 5.41) is 6.99. The number of ether oxygens (including phenoxy) is 1. The minimum absolute atomic E-state index is 0.0546. The molecule has 1 saturated heterocycles. The van der Waals surface area contributed by atoms with Gasteiger partial charge < -0.3 is 15.0 Å². The van der Waals surface area contributed by atoms with Crippen LogP contribution in [0.15, 0.2) is 23.1 Å². The van der Waals surface area contributed by atoms with Crippen molar-refractivity contribution in [3.8, 4) is 0 Å². The van der Waals surface area contributed by atoms with Crippen LogP contribution in [0.25, 0.3) is 0 Å². The van der Waals surface area contributed by atoms with E-state index >= 15 is 0 Å². The average molecular weight is 360 g/mol. The smallest absolute Gasteiger partial charge is 0.270 e. The molecule has 2 aromatic heterocycles. The number of amides is 1. The fraction of sp³-hybridized carbons (Fsp3) is 0.529. The first-order valence-corrected chi connectivity index (χ1v) is 8.68. The normalized spacial score (nSPS) is 15.9. The van der Waals surface area contributed by atoms with Crippen LogP contribution in [-0.2, 0) is 11.8 Å². The Hall–Kier alpha value is -2.68. The topological polar surface area (TPSA) is 105 Å². The van der Waals surface area contributed by atoms with E-state index in [1.807, 2.05) is 18.7 Å². The van der Waals surface area contributed by atoms with Crippen LogP contribution in [0.2, 0.25) is 0 Å². The molecule has 0 spiro atoms. The molecule has 1 amide bonds. The maximum atomic E-state index is 12.6. The van der Waals surface area contributed by atoms with E-state index in [-0.39, 0.29) is 23.4 Å². The van der Waals surface area contributed by atoms with E-state index < -0.39 is 0 Å². The van der Waals surface area contributed by atoms with Crippen molar-refractivity contribution in [3.63, 3.8) is 0 Å². The molecule has 0 aromatic carbocycles. The summed E-state index contributed by atoms with van der Waals surface area (Å²) in [5.41, 5.74) is 0.756. The van der Waals surface area contributed by atoms with Crippen molar-refractivity contribution in [1.29, 1.82) is 0 Å². The largest absolute Gasteiger partial charge is 0.378 e. The third-order valence-electron chi connectivity index (χ3n) is 4.39. The maximum absolute atomic E-state index is 12.6. The van der Waals surface area contributed by atoms with Gasteiger partial charge >= 0.3 is 0 Å².